The number of aliphatic hydroxyl groups is 1. The molecule has 1 heterocycles. The van der Waals surface area contributed by atoms with Crippen molar-refractivity contribution in [2.45, 2.75) is 44.3 Å². The van der Waals surface area contributed by atoms with Crippen LogP contribution in [-0.2, 0) is 7.05 Å². The van der Waals surface area contributed by atoms with Crippen LogP contribution >= 0.6 is 0 Å². The molecule has 2 unspecified atom stereocenters. The molecule has 1 fully saturated rings. The lowest BCUT2D eigenvalue weighted by Crippen LogP contribution is -2.49. The average molecular weight is 252 g/mol. The van der Waals surface area contributed by atoms with E-state index in [9.17, 15) is 5.11 Å². The third-order valence-electron chi connectivity index (χ3n) is 3.82. The van der Waals surface area contributed by atoms with Gasteiger partial charge in [-0.1, -0.05) is 6.42 Å². The highest BCUT2D eigenvalue weighted by Gasteiger charge is 2.33. The van der Waals surface area contributed by atoms with Crippen molar-refractivity contribution < 1.29 is 5.11 Å². The fourth-order valence-corrected chi connectivity index (χ4v) is 2.77. The first-order valence-electron chi connectivity index (χ1n) is 6.74. The molecule has 2 atom stereocenters. The molecule has 1 aromatic rings. The molecule has 0 saturated heterocycles. The monoisotopic (exact) mass is 252 g/mol. The molecular formula is C13H24N4O. The van der Waals surface area contributed by atoms with Gasteiger partial charge in [0.1, 0.15) is 0 Å². The molecule has 0 bridgehead atoms. The molecule has 0 aromatic carbocycles. The number of nitrogens with two attached hydrogens (primary N) is 1. The van der Waals surface area contributed by atoms with E-state index in [0.29, 0.717) is 12.6 Å². The highest BCUT2D eigenvalue weighted by molar-refractivity contribution is 5.14. The molecule has 102 valence electrons. The van der Waals surface area contributed by atoms with Gasteiger partial charge in [-0.25, -0.2) is 0 Å². The van der Waals surface area contributed by atoms with Crippen molar-refractivity contribution in [3.8, 4) is 0 Å². The Hall–Kier alpha value is -0.910. The second-order valence-corrected chi connectivity index (χ2v) is 5.30. The molecule has 3 N–H and O–H groups in total. The summed E-state index contributed by atoms with van der Waals surface area (Å²) in [6.07, 6.45) is 7.62. The van der Waals surface area contributed by atoms with Crippen molar-refractivity contribution in [2.75, 3.05) is 13.2 Å². The lowest BCUT2D eigenvalue weighted by molar-refractivity contribution is 0.0503. The Bertz CT molecular complexity index is 373. The summed E-state index contributed by atoms with van der Waals surface area (Å²) in [5.74, 6) is 0. The molecule has 18 heavy (non-hydrogen) atoms. The molecule has 5 heteroatoms. The van der Waals surface area contributed by atoms with E-state index in [1.165, 1.54) is 19.3 Å². The maximum atomic E-state index is 9.28. The van der Waals surface area contributed by atoms with Gasteiger partial charge in [-0.2, -0.15) is 5.10 Å². The van der Waals surface area contributed by atoms with Gasteiger partial charge in [-0.05, 0) is 19.8 Å². The van der Waals surface area contributed by atoms with Crippen molar-refractivity contribution in [1.29, 1.82) is 0 Å². The van der Waals surface area contributed by atoms with Crippen LogP contribution in [0.1, 0.15) is 37.8 Å². The second-order valence-electron chi connectivity index (χ2n) is 5.30. The molecule has 0 amide bonds. The second kappa shape index (κ2) is 5.82. The Labute approximate surface area is 109 Å². The van der Waals surface area contributed by atoms with E-state index in [4.69, 9.17) is 5.73 Å². The van der Waals surface area contributed by atoms with E-state index in [2.05, 4.69) is 10.00 Å². The number of aryl methyl sites for hydroxylation is 1. The zero-order valence-electron chi connectivity index (χ0n) is 11.3. The van der Waals surface area contributed by atoms with Crippen LogP contribution in [0.2, 0.25) is 0 Å². The first-order valence-corrected chi connectivity index (χ1v) is 6.74. The number of hydrogen-bond acceptors (Lipinski definition) is 4. The van der Waals surface area contributed by atoms with Crippen LogP contribution in [0.5, 0.6) is 0 Å². The smallest absolute Gasteiger partial charge is 0.0558 e. The fraction of sp³-hybridized carbons (Fsp3) is 0.769. The van der Waals surface area contributed by atoms with Gasteiger partial charge in [0, 0.05) is 37.4 Å². The Balaban J connectivity index is 2.20. The minimum Gasteiger partial charge on any atom is -0.395 e. The predicted molar refractivity (Wildman–Crippen MR) is 71.0 cm³/mol. The van der Waals surface area contributed by atoms with Crippen molar-refractivity contribution in [2.24, 2.45) is 12.8 Å². The number of nitrogens with zero attached hydrogens (tertiary/aromatic N) is 3. The summed E-state index contributed by atoms with van der Waals surface area (Å²) >= 11 is 0. The minimum absolute atomic E-state index is 0.0290. The lowest BCUT2D eigenvalue weighted by atomic mass is 9.88. The molecule has 0 radical (unpaired) electrons. The Morgan fingerprint density at radius 3 is 2.72 bits per heavy atom. The zero-order valence-corrected chi connectivity index (χ0v) is 11.3. The number of aromatic nitrogens is 2. The number of aliphatic hydroxyl groups excluding tert-OH is 1. The van der Waals surface area contributed by atoms with Crippen LogP contribution in [0.3, 0.4) is 0 Å². The summed E-state index contributed by atoms with van der Waals surface area (Å²) in [5, 5.41) is 13.5. The third-order valence-corrected chi connectivity index (χ3v) is 3.82. The van der Waals surface area contributed by atoms with Crippen molar-refractivity contribution in [3.63, 3.8) is 0 Å². The van der Waals surface area contributed by atoms with E-state index in [1.54, 1.807) is 0 Å². The SMILES string of the molecule is CC(N)C(c1cnn(C)c1)N(CCO)C1CCC1. The van der Waals surface area contributed by atoms with Gasteiger partial charge in [0.25, 0.3) is 0 Å². The molecule has 1 aliphatic rings. The summed E-state index contributed by atoms with van der Waals surface area (Å²) in [4.78, 5) is 2.35. The molecule has 5 nitrogen and oxygen atoms in total. The minimum atomic E-state index is 0.0290. The Morgan fingerprint density at radius 2 is 2.33 bits per heavy atom. The largest absolute Gasteiger partial charge is 0.395 e. The van der Waals surface area contributed by atoms with Crippen LogP contribution in [0.25, 0.3) is 0 Å². The topological polar surface area (TPSA) is 67.3 Å². The quantitative estimate of drug-likeness (QED) is 0.780. The van der Waals surface area contributed by atoms with Gasteiger partial charge in [0.2, 0.25) is 0 Å². The average Bonchev–Trinajstić information content (AvgIpc) is 2.62. The van der Waals surface area contributed by atoms with Crippen LogP contribution < -0.4 is 5.73 Å². The molecular weight excluding hydrogens is 228 g/mol. The highest BCUT2D eigenvalue weighted by Crippen LogP contribution is 2.33. The Morgan fingerprint density at radius 1 is 1.61 bits per heavy atom. The maximum Gasteiger partial charge on any atom is 0.0558 e. The van der Waals surface area contributed by atoms with Gasteiger partial charge in [0.05, 0.1) is 18.8 Å². The summed E-state index contributed by atoms with van der Waals surface area (Å²) in [5.41, 5.74) is 7.31. The maximum absolute atomic E-state index is 9.28. The van der Waals surface area contributed by atoms with Gasteiger partial charge in [0.15, 0.2) is 0 Å². The van der Waals surface area contributed by atoms with Crippen molar-refractivity contribution in [1.82, 2.24) is 14.7 Å². The van der Waals surface area contributed by atoms with E-state index in [0.717, 1.165) is 5.56 Å². The summed E-state index contributed by atoms with van der Waals surface area (Å²) in [7, 11) is 1.92. The van der Waals surface area contributed by atoms with E-state index in [-0.39, 0.29) is 18.7 Å². The van der Waals surface area contributed by atoms with E-state index < -0.39 is 0 Å². The molecule has 1 aliphatic carbocycles. The van der Waals surface area contributed by atoms with E-state index >= 15 is 0 Å². The molecule has 1 aromatic heterocycles. The molecule has 2 rings (SSSR count). The molecule has 1 saturated carbocycles. The van der Waals surface area contributed by atoms with Crippen molar-refractivity contribution in [3.05, 3.63) is 18.0 Å². The zero-order chi connectivity index (χ0) is 13.1. The molecule has 0 spiro atoms. The first-order chi connectivity index (χ1) is 8.63. The van der Waals surface area contributed by atoms with Crippen LogP contribution in [0.4, 0.5) is 0 Å². The summed E-state index contributed by atoms with van der Waals surface area (Å²) in [6.45, 7) is 2.90. The van der Waals surface area contributed by atoms with Crippen LogP contribution in [-0.4, -0.2) is 45.0 Å². The Kier molecular flexibility index (Phi) is 4.37. The third kappa shape index (κ3) is 2.74. The van der Waals surface area contributed by atoms with Crippen LogP contribution in [0, 0.1) is 0 Å². The normalized spacial score (nSPS) is 19.8. The summed E-state index contributed by atoms with van der Waals surface area (Å²) < 4.78 is 1.81. The van der Waals surface area contributed by atoms with Crippen LogP contribution in [0.15, 0.2) is 12.4 Å². The lowest BCUT2D eigenvalue weighted by Gasteiger charge is -2.43. The van der Waals surface area contributed by atoms with Gasteiger partial charge < -0.3 is 10.8 Å². The van der Waals surface area contributed by atoms with Crippen molar-refractivity contribution >= 4 is 0 Å². The number of hydrogen-bond donors (Lipinski definition) is 2. The molecule has 0 aliphatic heterocycles. The standard InChI is InChI=1S/C13H24N4O/c1-10(14)13(11-8-15-16(2)9-11)17(6-7-18)12-4-3-5-12/h8-10,12-13,18H,3-7,14H2,1-2H3. The fourth-order valence-electron chi connectivity index (χ4n) is 2.77. The van der Waals surface area contributed by atoms with E-state index in [1.807, 2.05) is 31.0 Å². The summed E-state index contributed by atoms with van der Waals surface area (Å²) in [6, 6.07) is 0.742. The van der Waals surface area contributed by atoms with Gasteiger partial charge >= 0.3 is 0 Å². The predicted octanol–water partition coefficient (Wildman–Crippen LogP) is 0.655. The van der Waals surface area contributed by atoms with Gasteiger partial charge in [-0.3, -0.25) is 9.58 Å². The highest BCUT2D eigenvalue weighted by atomic mass is 16.3. The first kappa shape index (κ1) is 13.5. The van der Waals surface area contributed by atoms with Gasteiger partial charge in [-0.15, -0.1) is 0 Å². The number of rotatable bonds is 6.